The summed E-state index contributed by atoms with van der Waals surface area (Å²) >= 11 is 0. The van der Waals surface area contributed by atoms with Gasteiger partial charge < -0.3 is 5.73 Å². The smallest absolute Gasteiger partial charge is 0.0419 e. The monoisotopic (exact) mass is 299 g/mol. The maximum atomic E-state index is 5.97. The van der Waals surface area contributed by atoms with Crippen molar-refractivity contribution in [1.82, 2.24) is 5.01 Å². The quantitative estimate of drug-likeness (QED) is 0.204. The molecule has 0 unspecified atom stereocenters. The number of allylic oxidation sites excluding steroid dienone is 1. The summed E-state index contributed by atoms with van der Waals surface area (Å²) in [5.41, 5.74) is 16.9. The highest BCUT2D eigenvalue weighted by Gasteiger charge is 1.98. The van der Waals surface area contributed by atoms with Crippen LogP contribution in [0.2, 0.25) is 0 Å². The third-order valence-corrected chi connectivity index (χ3v) is 2.81. The molecule has 0 spiro atoms. The lowest BCUT2D eigenvalue weighted by Gasteiger charge is -2.14. The average Bonchev–Trinajstić information content (AvgIpc) is 2.54. The minimum atomic E-state index is 0.921. The fraction of sp³-hybridized carbons (Fsp3) is 0.812. The van der Waals surface area contributed by atoms with E-state index in [1.165, 1.54) is 38.5 Å². The number of unbranched alkanes of at least 4 members (excludes halogenated alkanes) is 5. The fourth-order valence-electron chi connectivity index (χ4n) is 1.71. The average molecular weight is 300 g/mol. The van der Waals surface area contributed by atoms with Gasteiger partial charge in [-0.15, -0.1) is 0 Å². The van der Waals surface area contributed by atoms with Crippen molar-refractivity contribution in [3.05, 3.63) is 11.9 Å². The van der Waals surface area contributed by atoms with E-state index in [4.69, 9.17) is 16.8 Å². The molecule has 5 nitrogen and oxygen atoms in total. The molecule has 0 radical (unpaired) electrons. The molecule has 21 heavy (non-hydrogen) atoms. The zero-order chi connectivity index (χ0) is 16.9. The molecule has 0 aromatic rings. The van der Waals surface area contributed by atoms with E-state index in [0.717, 1.165) is 25.1 Å². The van der Waals surface area contributed by atoms with Crippen molar-refractivity contribution in [1.29, 1.82) is 11.1 Å². The summed E-state index contributed by atoms with van der Waals surface area (Å²) in [5, 5.41) is 5.84. The van der Waals surface area contributed by atoms with Crippen molar-refractivity contribution in [3.8, 4) is 0 Å². The van der Waals surface area contributed by atoms with Crippen LogP contribution in [0.15, 0.2) is 17.0 Å². The van der Waals surface area contributed by atoms with Crippen LogP contribution in [0.3, 0.4) is 0 Å². The zero-order valence-corrected chi connectivity index (χ0v) is 14.6. The predicted octanol–water partition coefficient (Wildman–Crippen LogP) is 5.49. The summed E-state index contributed by atoms with van der Waals surface area (Å²) in [4.78, 5) is 0. The molecule has 5 heteroatoms. The van der Waals surface area contributed by atoms with Crippen LogP contribution in [0.4, 0.5) is 0 Å². The topological polar surface area (TPSA) is 89.3 Å². The van der Waals surface area contributed by atoms with E-state index < -0.39 is 0 Å². The first-order valence-electron chi connectivity index (χ1n) is 8.19. The van der Waals surface area contributed by atoms with Crippen LogP contribution in [0.25, 0.3) is 0 Å². The van der Waals surface area contributed by atoms with Gasteiger partial charge in [-0.05, 0) is 19.3 Å². The maximum Gasteiger partial charge on any atom is 0.0419 e. The standard InChI is InChI=1S/C14H29N3.C2H6.H2N2/c1-4-6-8-9-11-14(15)13-17(16-3)12-10-7-5-2;2*1-2/h13H,3-12,15H2,1-2H3;1-2H3;1-2H/b14-13-;;. The Bertz CT molecular complexity index is 229. The number of nitrogens with one attached hydrogen (secondary N) is 2. The highest BCUT2D eigenvalue weighted by Crippen LogP contribution is 2.08. The lowest BCUT2D eigenvalue weighted by molar-refractivity contribution is 0.383. The van der Waals surface area contributed by atoms with E-state index in [1.54, 1.807) is 0 Å². The summed E-state index contributed by atoms with van der Waals surface area (Å²) in [6.45, 7) is 12.9. The molecule has 0 aromatic heterocycles. The number of nitrogens with two attached hydrogens (primary N) is 1. The van der Waals surface area contributed by atoms with Crippen molar-refractivity contribution in [2.45, 2.75) is 79.1 Å². The van der Waals surface area contributed by atoms with Crippen LogP contribution in [-0.4, -0.2) is 18.3 Å². The molecule has 0 amide bonds. The van der Waals surface area contributed by atoms with Gasteiger partial charge in [0.2, 0.25) is 0 Å². The van der Waals surface area contributed by atoms with E-state index in [9.17, 15) is 0 Å². The maximum absolute atomic E-state index is 5.97. The lowest BCUT2D eigenvalue weighted by atomic mass is 10.1. The Balaban J connectivity index is -0.000000739. The largest absolute Gasteiger partial charge is 0.401 e. The first kappa shape index (κ1) is 24.6. The second-order valence-electron chi connectivity index (χ2n) is 4.53. The molecule has 0 rings (SSSR count). The van der Waals surface area contributed by atoms with Crippen LogP contribution in [-0.2, 0) is 0 Å². The van der Waals surface area contributed by atoms with Crippen molar-refractivity contribution in [3.63, 3.8) is 0 Å². The summed E-state index contributed by atoms with van der Waals surface area (Å²) in [7, 11) is 0. The van der Waals surface area contributed by atoms with Crippen molar-refractivity contribution < 1.29 is 0 Å². The molecule has 0 saturated carbocycles. The molecule has 0 atom stereocenters. The zero-order valence-electron chi connectivity index (χ0n) is 14.6. The van der Waals surface area contributed by atoms with Gasteiger partial charge in [0, 0.05) is 25.2 Å². The molecule has 0 aliphatic carbocycles. The molecular weight excluding hydrogens is 262 g/mol. The Hall–Kier alpha value is -1.39. The number of rotatable bonds is 11. The molecule has 0 aromatic carbocycles. The third kappa shape index (κ3) is 21.1. The minimum Gasteiger partial charge on any atom is -0.401 e. The fourth-order valence-corrected chi connectivity index (χ4v) is 1.71. The summed E-state index contributed by atoms with van der Waals surface area (Å²) < 4.78 is 0. The molecule has 0 heterocycles. The van der Waals surface area contributed by atoms with Crippen molar-refractivity contribution in [2.75, 3.05) is 6.54 Å². The first-order chi connectivity index (χ1) is 10.2. The van der Waals surface area contributed by atoms with Crippen LogP contribution in [0.5, 0.6) is 0 Å². The summed E-state index contributed by atoms with van der Waals surface area (Å²) in [6.07, 6.45) is 11.5. The van der Waals surface area contributed by atoms with Gasteiger partial charge in [0.05, 0.1) is 0 Å². The Labute approximate surface area is 132 Å². The molecular formula is C16H37N5. The Morgan fingerprint density at radius 1 is 1.05 bits per heavy atom. The van der Waals surface area contributed by atoms with Gasteiger partial charge in [0.25, 0.3) is 0 Å². The van der Waals surface area contributed by atoms with E-state index >= 15 is 0 Å². The second kappa shape index (κ2) is 23.7. The Morgan fingerprint density at radius 3 is 2.05 bits per heavy atom. The predicted molar refractivity (Wildman–Crippen MR) is 93.6 cm³/mol. The third-order valence-electron chi connectivity index (χ3n) is 2.81. The highest BCUT2D eigenvalue weighted by atomic mass is 15.4. The van der Waals surface area contributed by atoms with Gasteiger partial charge in [-0.1, -0.05) is 59.8 Å². The normalized spacial score (nSPS) is 9.81. The molecule has 0 aliphatic rings. The van der Waals surface area contributed by atoms with Gasteiger partial charge in [-0.25, -0.2) is 11.1 Å². The van der Waals surface area contributed by atoms with Crippen LogP contribution < -0.4 is 5.73 Å². The SMILES string of the molecule is C=NN(/C=C(\N)CCCCCC)CCCCC.CC.N=N. The number of nitrogens with zero attached hydrogens (tertiary/aromatic N) is 2. The van der Waals surface area contributed by atoms with Gasteiger partial charge in [0.1, 0.15) is 0 Å². The molecule has 0 aliphatic heterocycles. The van der Waals surface area contributed by atoms with Gasteiger partial charge >= 0.3 is 0 Å². The van der Waals surface area contributed by atoms with Crippen molar-refractivity contribution in [2.24, 2.45) is 10.8 Å². The molecule has 126 valence electrons. The lowest BCUT2D eigenvalue weighted by Crippen LogP contribution is -2.14. The first-order valence-corrected chi connectivity index (χ1v) is 8.19. The van der Waals surface area contributed by atoms with E-state index in [2.05, 4.69) is 25.7 Å². The Morgan fingerprint density at radius 2 is 1.57 bits per heavy atom. The summed E-state index contributed by atoms with van der Waals surface area (Å²) in [5.74, 6) is 0. The molecule has 0 saturated heterocycles. The molecule has 0 bridgehead atoms. The second-order valence-corrected chi connectivity index (χ2v) is 4.53. The highest BCUT2D eigenvalue weighted by molar-refractivity contribution is 5.23. The summed E-state index contributed by atoms with van der Waals surface area (Å²) in [6, 6.07) is 0. The minimum absolute atomic E-state index is 0.921. The van der Waals surface area contributed by atoms with Crippen molar-refractivity contribution >= 4 is 6.72 Å². The van der Waals surface area contributed by atoms with Crippen LogP contribution >= 0.6 is 0 Å². The number of hydrogen-bond donors (Lipinski definition) is 3. The number of hydrazone groups is 1. The Kier molecular flexibility index (Phi) is 27.8. The number of hydrogen-bond acceptors (Lipinski definition) is 5. The van der Waals surface area contributed by atoms with Gasteiger partial charge in [0.15, 0.2) is 0 Å². The van der Waals surface area contributed by atoms with E-state index in [-0.39, 0.29) is 0 Å². The van der Waals surface area contributed by atoms with E-state index in [1.807, 2.05) is 25.1 Å². The van der Waals surface area contributed by atoms with Gasteiger partial charge in [-0.3, -0.25) is 5.01 Å². The van der Waals surface area contributed by atoms with E-state index in [0.29, 0.717) is 0 Å². The van der Waals surface area contributed by atoms with Crippen LogP contribution in [0.1, 0.15) is 79.1 Å². The van der Waals surface area contributed by atoms with Crippen LogP contribution in [0, 0.1) is 11.1 Å². The van der Waals surface area contributed by atoms with Gasteiger partial charge in [-0.2, -0.15) is 5.10 Å². The molecule has 4 N–H and O–H groups in total. The molecule has 0 fully saturated rings.